The van der Waals surface area contributed by atoms with E-state index in [2.05, 4.69) is 33.6 Å². The van der Waals surface area contributed by atoms with Crippen molar-refractivity contribution in [2.75, 3.05) is 27.2 Å². The summed E-state index contributed by atoms with van der Waals surface area (Å²) in [5.41, 5.74) is 2.93. The topological polar surface area (TPSA) is 74.0 Å². The molecule has 0 unspecified atom stereocenters. The SMILES string of the molecule is CN=C(NCCc1cn2cccc(C)c2n1)N(C)CC(=O)NC(C)(C)C. The van der Waals surface area contributed by atoms with Crippen LogP contribution in [0.4, 0.5) is 0 Å². The van der Waals surface area contributed by atoms with Crippen molar-refractivity contribution in [3.63, 3.8) is 0 Å². The van der Waals surface area contributed by atoms with E-state index in [1.54, 1.807) is 7.05 Å². The summed E-state index contributed by atoms with van der Waals surface area (Å²) in [6.45, 7) is 8.91. The van der Waals surface area contributed by atoms with Crippen molar-refractivity contribution in [1.29, 1.82) is 0 Å². The Morgan fingerprint density at radius 3 is 2.73 bits per heavy atom. The van der Waals surface area contributed by atoms with Crippen molar-refractivity contribution in [1.82, 2.24) is 24.9 Å². The van der Waals surface area contributed by atoms with Crippen molar-refractivity contribution in [3.05, 3.63) is 35.8 Å². The molecule has 7 heteroatoms. The number of amides is 1. The van der Waals surface area contributed by atoms with E-state index in [-0.39, 0.29) is 18.0 Å². The fraction of sp³-hybridized carbons (Fsp3) is 0.526. The van der Waals surface area contributed by atoms with Gasteiger partial charge in [0.1, 0.15) is 5.65 Å². The minimum Gasteiger partial charge on any atom is -0.356 e. The van der Waals surface area contributed by atoms with Gasteiger partial charge in [0.15, 0.2) is 5.96 Å². The lowest BCUT2D eigenvalue weighted by molar-refractivity contribution is -0.122. The van der Waals surface area contributed by atoms with Crippen LogP contribution in [-0.2, 0) is 11.2 Å². The lowest BCUT2D eigenvalue weighted by Gasteiger charge is -2.25. The molecule has 0 bridgehead atoms. The quantitative estimate of drug-likeness (QED) is 0.629. The number of nitrogens with zero attached hydrogens (tertiary/aromatic N) is 4. The van der Waals surface area contributed by atoms with Crippen LogP contribution in [0.15, 0.2) is 29.5 Å². The first kappa shape index (κ1) is 19.8. The monoisotopic (exact) mass is 358 g/mol. The van der Waals surface area contributed by atoms with Gasteiger partial charge in [0.2, 0.25) is 5.91 Å². The number of hydrogen-bond donors (Lipinski definition) is 2. The van der Waals surface area contributed by atoms with Crippen molar-refractivity contribution >= 4 is 17.5 Å². The van der Waals surface area contributed by atoms with E-state index >= 15 is 0 Å². The van der Waals surface area contributed by atoms with Crippen molar-refractivity contribution < 1.29 is 4.79 Å². The predicted molar refractivity (Wildman–Crippen MR) is 106 cm³/mol. The summed E-state index contributed by atoms with van der Waals surface area (Å²) in [5.74, 6) is 0.660. The van der Waals surface area contributed by atoms with Crippen molar-refractivity contribution in [2.24, 2.45) is 4.99 Å². The number of fused-ring (bicyclic) bond motifs is 1. The predicted octanol–water partition coefficient (Wildman–Crippen LogP) is 1.61. The first-order valence-electron chi connectivity index (χ1n) is 8.85. The standard InChI is InChI=1S/C19H30N6O/c1-14-8-7-11-25-12-15(22-17(14)25)9-10-21-18(20-5)24(6)13-16(26)23-19(2,3)4/h7-8,11-12H,9-10,13H2,1-6H3,(H,20,21)(H,23,26). The van der Waals surface area contributed by atoms with Crippen molar-refractivity contribution in [2.45, 2.75) is 39.7 Å². The van der Waals surface area contributed by atoms with Gasteiger partial charge in [0.05, 0.1) is 12.2 Å². The minimum atomic E-state index is -0.240. The fourth-order valence-electron chi connectivity index (χ4n) is 2.76. The van der Waals surface area contributed by atoms with Crippen LogP contribution in [0.1, 0.15) is 32.0 Å². The van der Waals surface area contributed by atoms with Crippen LogP contribution < -0.4 is 10.6 Å². The Bertz CT molecular complexity index is 787. The van der Waals surface area contributed by atoms with E-state index in [1.807, 2.05) is 55.6 Å². The van der Waals surface area contributed by atoms with E-state index in [0.717, 1.165) is 23.3 Å². The first-order chi connectivity index (χ1) is 12.2. The molecule has 1 amide bonds. The van der Waals surface area contributed by atoms with Crippen LogP contribution in [0.2, 0.25) is 0 Å². The number of likely N-dealkylation sites (N-methyl/N-ethyl adjacent to an activating group) is 1. The van der Waals surface area contributed by atoms with Gasteiger partial charge in [-0.3, -0.25) is 9.79 Å². The third kappa shape index (κ3) is 5.47. The summed E-state index contributed by atoms with van der Waals surface area (Å²) in [7, 11) is 3.57. The summed E-state index contributed by atoms with van der Waals surface area (Å²) < 4.78 is 2.04. The number of aryl methyl sites for hydroxylation is 1. The molecule has 0 atom stereocenters. The number of imidazole rings is 1. The fourth-order valence-corrected chi connectivity index (χ4v) is 2.76. The molecule has 0 saturated carbocycles. The zero-order valence-corrected chi connectivity index (χ0v) is 16.6. The molecule has 2 aromatic rings. The number of nitrogens with one attached hydrogen (secondary N) is 2. The molecule has 2 rings (SSSR count). The lowest BCUT2D eigenvalue weighted by atomic mass is 10.1. The molecule has 7 nitrogen and oxygen atoms in total. The first-order valence-corrected chi connectivity index (χ1v) is 8.85. The molecule has 0 spiro atoms. The van der Waals surface area contributed by atoms with Gasteiger partial charge >= 0.3 is 0 Å². The Balaban J connectivity index is 1.87. The molecule has 0 fully saturated rings. The molecule has 0 saturated heterocycles. The average Bonchev–Trinajstić information content (AvgIpc) is 2.94. The molecule has 2 aromatic heterocycles. The smallest absolute Gasteiger partial charge is 0.240 e. The minimum absolute atomic E-state index is 0.0289. The maximum absolute atomic E-state index is 12.1. The molecule has 142 valence electrons. The molecular weight excluding hydrogens is 328 g/mol. The largest absolute Gasteiger partial charge is 0.356 e. The van der Waals surface area contributed by atoms with Gasteiger partial charge in [-0.05, 0) is 39.3 Å². The summed E-state index contributed by atoms with van der Waals surface area (Å²) in [4.78, 5) is 22.8. The maximum atomic E-state index is 12.1. The van der Waals surface area contributed by atoms with E-state index in [0.29, 0.717) is 12.5 Å². The van der Waals surface area contributed by atoms with Crippen LogP contribution >= 0.6 is 0 Å². The average molecular weight is 358 g/mol. The van der Waals surface area contributed by atoms with Gasteiger partial charge in [-0.1, -0.05) is 6.07 Å². The summed E-state index contributed by atoms with van der Waals surface area (Å²) in [6, 6.07) is 4.08. The Hall–Kier alpha value is -2.57. The number of carbonyl (C=O) groups excluding carboxylic acids is 1. The van der Waals surface area contributed by atoms with Crippen molar-refractivity contribution in [3.8, 4) is 0 Å². The van der Waals surface area contributed by atoms with Crippen LogP contribution in [0, 0.1) is 6.92 Å². The maximum Gasteiger partial charge on any atom is 0.240 e. The van der Waals surface area contributed by atoms with E-state index < -0.39 is 0 Å². The summed E-state index contributed by atoms with van der Waals surface area (Å²) in [6.07, 6.45) is 4.84. The van der Waals surface area contributed by atoms with Gasteiger partial charge in [-0.2, -0.15) is 0 Å². The number of hydrogen-bond acceptors (Lipinski definition) is 3. The highest BCUT2D eigenvalue weighted by atomic mass is 16.2. The second-order valence-electron chi connectivity index (χ2n) is 7.53. The number of carbonyl (C=O) groups is 1. The van der Waals surface area contributed by atoms with Crippen LogP contribution in [0.5, 0.6) is 0 Å². The molecule has 2 heterocycles. The van der Waals surface area contributed by atoms with E-state index in [1.165, 1.54) is 0 Å². The molecule has 0 aliphatic carbocycles. The molecule has 2 N–H and O–H groups in total. The molecule has 0 aliphatic heterocycles. The summed E-state index contributed by atoms with van der Waals surface area (Å²) >= 11 is 0. The normalized spacial score (nSPS) is 12.3. The molecule has 26 heavy (non-hydrogen) atoms. The third-order valence-electron chi connectivity index (χ3n) is 3.86. The highest BCUT2D eigenvalue weighted by Crippen LogP contribution is 2.10. The van der Waals surface area contributed by atoms with Gasteiger partial charge in [0, 0.05) is 45.0 Å². The second-order valence-corrected chi connectivity index (χ2v) is 7.53. The van der Waals surface area contributed by atoms with Gasteiger partial charge in [-0.15, -0.1) is 0 Å². The van der Waals surface area contributed by atoms with Crippen LogP contribution in [0.3, 0.4) is 0 Å². The zero-order chi connectivity index (χ0) is 19.3. The highest BCUT2D eigenvalue weighted by Gasteiger charge is 2.16. The highest BCUT2D eigenvalue weighted by molar-refractivity contribution is 5.86. The van der Waals surface area contributed by atoms with Crippen LogP contribution in [-0.4, -0.2) is 58.9 Å². The van der Waals surface area contributed by atoms with E-state index in [4.69, 9.17) is 0 Å². The Kier molecular flexibility index (Phi) is 6.23. The number of guanidine groups is 1. The Morgan fingerprint density at radius 2 is 2.12 bits per heavy atom. The van der Waals surface area contributed by atoms with E-state index in [9.17, 15) is 4.79 Å². The van der Waals surface area contributed by atoms with Gasteiger partial charge in [-0.25, -0.2) is 4.98 Å². The van der Waals surface area contributed by atoms with Gasteiger partial charge < -0.3 is 19.9 Å². The second kappa shape index (κ2) is 8.21. The van der Waals surface area contributed by atoms with Crippen LogP contribution in [0.25, 0.3) is 5.65 Å². The lowest BCUT2D eigenvalue weighted by Crippen LogP contribution is -2.49. The summed E-state index contributed by atoms with van der Waals surface area (Å²) in [5, 5.41) is 6.25. The Labute approximate surface area is 155 Å². The molecule has 0 aliphatic rings. The van der Waals surface area contributed by atoms with Gasteiger partial charge in [0.25, 0.3) is 0 Å². The molecule has 0 aromatic carbocycles. The number of aromatic nitrogens is 2. The third-order valence-corrected chi connectivity index (χ3v) is 3.86. The Morgan fingerprint density at radius 1 is 1.38 bits per heavy atom. The number of aliphatic imine (C=N–C) groups is 1. The molecular formula is C19H30N6O. The zero-order valence-electron chi connectivity index (χ0n) is 16.6. The molecule has 0 radical (unpaired) electrons. The number of pyridine rings is 1. The number of rotatable bonds is 5.